The Balaban J connectivity index is 1.91. The third kappa shape index (κ3) is 8.50. The van der Waals surface area contributed by atoms with Gasteiger partial charge in [-0.2, -0.15) is 0 Å². The quantitative estimate of drug-likeness (QED) is 0.354. The lowest BCUT2D eigenvalue weighted by Gasteiger charge is -2.31. The third-order valence-corrected chi connectivity index (χ3v) is 5.91. The molecule has 1 atom stereocenters. The van der Waals surface area contributed by atoms with Crippen LogP contribution in [-0.4, -0.2) is 50.1 Å². The Hall–Kier alpha value is -4.07. The first-order valence-electron chi connectivity index (χ1n) is 12.5. The van der Waals surface area contributed by atoms with Gasteiger partial charge in [0.15, 0.2) is 6.61 Å². The van der Waals surface area contributed by atoms with Crippen molar-refractivity contribution in [1.29, 1.82) is 0 Å². The summed E-state index contributed by atoms with van der Waals surface area (Å²) in [5.74, 6) is 0.634. The number of ether oxygens (including phenoxy) is 3. The second-order valence-corrected chi connectivity index (χ2v) is 9.33. The van der Waals surface area contributed by atoms with E-state index in [2.05, 4.69) is 5.32 Å². The topological polar surface area (TPSA) is 77.1 Å². The van der Waals surface area contributed by atoms with Crippen LogP contribution in [0, 0.1) is 11.7 Å². The summed E-state index contributed by atoms with van der Waals surface area (Å²) in [5.41, 5.74) is 1.60. The van der Waals surface area contributed by atoms with E-state index in [1.807, 2.05) is 44.2 Å². The molecule has 2 amide bonds. The second kappa shape index (κ2) is 14.0. The Morgan fingerprint density at radius 3 is 2.05 bits per heavy atom. The first kappa shape index (κ1) is 28.5. The van der Waals surface area contributed by atoms with Gasteiger partial charge in [-0.15, -0.1) is 0 Å². The molecule has 0 unspecified atom stereocenters. The number of amides is 2. The summed E-state index contributed by atoms with van der Waals surface area (Å²) >= 11 is 0. The summed E-state index contributed by atoms with van der Waals surface area (Å²) in [6.07, 6.45) is 0.310. The van der Waals surface area contributed by atoms with Gasteiger partial charge < -0.3 is 24.4 Å². The Morgan fingerprint density at radius 2 is 1.47 bits per heavy atom. The van der Waals surface area contributed by atoms with Gasteiger partial charge in [0.2, 0.25) is 5.91 Å². The van der Waals surface area contributed by atoms with E-state index in [9.17, 15) is 14.0 Å². The van der Waals surface area contributed by atoms with Crippen molar-refractivity contribution in [3.05, 3.63) is 89.7 Å². The highest BCUT2D eigenvalue weighted by molar-refractivity contribution is 5.88. The number of nitrogens with zero attached hydrogens (tertiary/aromatic N) is 1. The summed E-state index contributed by atoms with van der Waals surface area (Å²) in [6.45, 7) is 4.27. The lowest BCUT2D eigenvalue weighted by atomic mass is 10.0. The lowest BCUT2D eigenvalue weighted by molar-refractivity contribution is -0.142. The minimum atomic E-state index is -0.808. The number of benzene rings is 3. The standard InChI is InChI=1S/C30H35FN2O5/c1-21(2)18-32-30(35)28(14-22-8-6-5-7-9-22)33(19-23-10-12-24(31)13-11-23)29(34)20-38-27-16-25(36-3)15-26(17-27)37-4/h5-13,15-17,21,28H,14,18-20H2,1-4H3,(H,32,35)/t28-/m0/s1. The molecule has 0 bridgehead atoms. The molecule has 3 rings (SSSR count). The number of hydrogen-bond acceptors (Lipinski definition) is 5. The Morgan fingerprint density at radius 1 is 0.868 bits per heavy atom. The molecule has 3 aromatic rings. The first-order chi connectivity index (χ1) is 18.3. The zero-order valence-corrected chi connectivity index (χ0v) is 22.3. The van der Waals surface area contributed by atoms with Crippen molar-refractivity contribution in [2.45, 2.75) is 32.9 Å². The van der Waals surface area contributed by atoms with Crippen molar-refractivity contribution in [2.75, 3.05) is 27.4 Å². The summed E-state index contributed by atoms with van der Waals surface area (Å²) in [7, 11) is 3.05. The van der Waals surface area contributed by atoms with Crippen LogP contribution >= 0.6 is 0 Å². The molecule has 0 aliphatic heterocycles. The van der Waals surface area contributed by atoms with E-state index >= 15 is 0 Å². The minimum absolute atomic E-state index is 0.108. The minimum Gasteiger partial charge on any atom is -0.496 e. The van der Waals surface area contributed by atoms with Crippen LogP contribution in [0.1, 0.15) is 25.0 Å². The van der Waals surface area contributed by atoms with E-state index in [-0.39, 0.29) is 30.8 Å². The van der Waals surface area contributed by atoms with Crippen molar-refractivity contribution in [2.24, 2.45) is 5.92 Å². The average Bonchev–Trinajstić information content (AvgIpc) is 2.93. The van der Waals surface area contributed by atoms with Crippen LogP contribution in [0.3, 0.4) is 0 Å². The van der Waals surface area contributed by atoms with Gasteiger partial charge in [0.1, 0.15) is 29.1 Å². The molecule has 202 valence electrons. The normalized spacial score (nSPS) is 11.5. The van der Waals surface area contributed by atoms with Crippen LogP contribution in [0.25, 0.3) is 0 Å². The van der Waals surface area contributed by atoms with Crippen LogP contribution in [0.4, 0.5) is 4.39 Å². The molecule has 8 heteroatoms. The van der Waals surface area contributed by atoms with Crippen LogP contribution in [0.2, 0.25) is 0 Å². The van der Waals surface area contributed by atoms with E-state index in [4.69, 9.17) is 14.2 Å². The number of halogens is 1. The summed E-state index contributed by atoms with van der Waals surface area (Å²) in [6, 6.07) is 19.6. The summed E-state index contributed by atoms with van der Waals surface area (Å²) < 4.78 is 30.0. The highest BCUT2D eigenvalue weighted by Gasteiger charge is 2.30. The largest absolute Gasteiger partial charge is 0.496 e. The van der Waals surface area contributed by atoms with Crippen LogP contribution in [0.5, 0.6) is 17.2 Å². The number of hydrogen-bond donors (Lipinski definition) is 1. The maximum atomic E-state index is 13.7. The first-order valence-corrected chi connectivity index (χ1v) is 12.5. The van der Waals surface area contributed by atoms with E-state index in [0.717, 1.165) is 5.56 Å². The van der Waals surface area contributed by atoms with Gasteiger partial charge in [-0.3, -0.25) is 9.59 Å². The van der Waals surface area contributed by atoms with Crippen molar-refractivity contribution < 1.29 is 28.2 Å². The van der Waals surface area contributed by atoms with Gasteiger partial charge in [0.05, 0.1) is 14.2 Å². The molecular weight excluding hydrogens is 487 g/mol. The second-order valence-electron chi connectivity index (χ2n) is 9.33. The Kier molecular flexibility index (Phi) is 10.5. The molecular formula is C30H35FN2O5. The lowest BCUT2D eigenvalue weighted by Crippen LogP contribution is -2.52. The summed E-state index contributed by atoms with van der Waals surface area (Å²) in [4.78, 5) is 28.6. The molecule has 0 spiro atoms. The SMILES string of the molecule is COc1cc(OC)cc(OCC(=O)N(Cc2ccc(F)cc2)[C@@H](Cc2ccccc2)C(=O)NCC(C)C)c1. The van der Waals surface area contributed by atoms with Gasteiger partial charge in [-0.05, 0) is 29.2 Å². The summed E-state index contributed by atoms with van der Waals surface area (Å²) in [5, 5.41) is 2.97. The molecule has 38 heavy (non-hydrogen) atoms. The zero-order chi connectivity index (χ0) is 27.5. The van der Waals surface area contributed by atoms with Crippen LogP contribution in [-0.2, 0) is 22.6 Å². The molecule has 3 aromatic carbocycles. The molecule has 0 saturated heterocycles. The Labute approximate surface area is 223 Å². The fourth-order valence-electron chi connectivity index (χ4n) is 3.86. The highest BCUT2D eigenvalue weighted by Crippen LogP contribution is 2.27. The molecule has 0 fully saturated rings. The van der Waals surface area contributed by atoms with Gasteiger partial charge in [0, 0.05) is 37.7 Å². The predicted molar refractivity (Wildman–Crippen MR) is 144 cm³/mol. The predicted octanol–water partition coefficient (Wildman–Crippen LogP) is 4.63. The van der Waals surface area contributed by atoms with Gasteiger partial charge >= 0.3 is 0 Å². The highest BCUT2D eigenvalue weighted by atomic mass is 19.1. The van der Waals surface area contributed by atoms with Crippen molar-refractivity contribution >= 4 is 11.8 Å². The smallest absolute Gasteiger partial charge is 0.261 e. The molecule has 0 aromatic heterocycles. The zero-order valence-electron chi connectivity index (χ0n) is 22.3. The van der Waals surface area contributed by atoms with Gasteiger partial charge in [0.25, 0.3) is 5.91 Å². The van der Waals surface area contributed by atoms with E-state index in [0.29, 0.717) is 35.8 Å². The number of carbonyl (C=O) groups is 2. The van der Waals surface area contributed by atoms with Crippen molar-refractivity contribution in [3.8, 4) is 17.2 Å². The monoisotopic (exact) mass is 522 g/mol. The van der Waals surface area contributed by atoms with Crippen molar-refractivity contribution in [1.82, 2.24) is 10.2 Å². The number of methoxy groups -OCH3 is 2. The van der Waals surface area contributed by atoms with Crippen molar-refractivity contribution in [3.63, 3.8) is 0 Å². The van der Waals surface area contributed by atoms with Crippen LogP contribution in [0.15, 0.2) is 72.8 Å². The van der Waals surface area contributed by atoms with E-state index in [1.54, 1.807) is 30.3 Å². The average molecular weight is 523 g/mol. The molecule has 7 nitrogen and oxygen atoms in total. The molecule has 0 aliphatic carbocycles. The van der Waals surface area contributed by atoms with E-state index < -0.39 is 11.9 Å². The van der Waals surface area contributed by atoms with Crippen LogP contribution < -0.4 is 19.5 Å². The van der Waals surface area contributed by atoms with Gasteiger partial charge in [-0.25, -0.2) is 4.39 Å². The molecule has 0 saturated carbocycles. The van der Waals surface area contributed by atoms with E-state index in [1.165, 1.54) is 31.3 Å². The maximum absolute atomic E-state index is 13.7. The maximum Gasteiger partial charge on any atom is 0.261 e. The molecule has 0 radical (unpaired) electrons. The third-order valence-electron chi connectivity index (χ3n) is 5.91. The Bertz CT molecular complexity index is 1160. The van der Waals surface area contributed by atoms with Gasteiger partial charge in [-0.1, -0.05) is 56.3 Å². The number of rotatable bonds is 13. The molecule has 0 heterocycles. The number of nitrogens with one attached hydrogen (secondary N) is 1. The fourth-order valence-corrected chi connectivity index (χ4v) is 3.86. The molecule has 0 aliphatic rings. The molecule has 1 N–H and O–H groups in total. The number of carbonyl (C=O) groups excluding carboxylic acids is 2. The fraction of sp³-hybridized carbons (Fsp3) is 0.333.